The van der Waals surface area contributed by atoms with Gasteiger partial charge in [-0.1, -0.05) is 51.9 Å². The number of unbranched alkanes of at least 4 members (excludes halogenated alkanes) is 7. The molecule has 0 spiro atoms. The maximum absolute atomic E-state index is 12.1. The van der Waals surface area contributed by atoms with Gasteiger partial charge in [-0.05, 0) is 32.1 Å². The quantitative estimate of drug-likeness (QED) is 0.399. The molecule has 0 aromatic rings. The maximum atomic E-state index is 12.1. The zero-order valence-corrected chi connectivity index (χ0v) is 15.8. The van der Waals surface area contributed by atoms with Crippen molar-refractivity contribution in [2.75, 3.05) is 19.8 Å². The first kappa shape index (κ1) is 21.9. The number of carbonyl (C=O) groups excluding carboxylic acids is 2. The third-order valence-corrected chi connectivity index (χ3v) is 4.97. The number of hydrogen-bond acceptors (Lipinski definition) is 5. The first-order valence-corrected chi connectivity index (χ1v) is 10.1. The van der Waals surface area contributed by atoms with E-state index in [1.807, 2.05) is 0 Å². The average molecular weight is 357 g/mol. The lowest BCUT2D eigenvalue weighted by atomic mass is 9.82. The average Bonchev–Trinajstić information content (AvgIpc) is 2.64. The Morgan fingerprint density at radius 1 is 0.760 bits per heavy atom. The second-order valence-corrected chi connectivity index (χ2v) is 7.08. The minimum absolute atomic E-state index is 0.0550. The van der Waals surface area contributed by atoms with Crippen LogP contribution in [0.15, 0.2) is 0 Å². The molecule has 0 aromatic heterocycles. The molecule has 1 fully saturated rings. The van der Waals surface area contributed by atoms with E-state index in [1.165, 1.54) is 38.5 Å². The van der Waals surface area contributed by atoms with Crippen molar-refractivity contribution in [2.24, 2.45) is 11.8 Å². The van der Waals surface area contributed by atoms with Crippen LogP contribution in [0, 0.1) is 11.8 Å². The number of aliphatic hydroxyl groups excluding tert-OH is 1. The van der Waals surface area contributed by atoms with Crippen LogP contribution in [-0.4, -0.2) is 36.9 Å². The van der Waals surface area contributed by atoms with Crippen molar-refractivity contribution < 1.29 is 24.2 Å². The second kappa shape index (κ2) is 14.1. The number of esters is 2. The van der Waals surface area contributed by atoms with Crippen LogP contribution in [0.3, 0.4) is 0 Å². The van der Waals surface area contributed by atoms with Crippen LogP contribution in [0.2, 0.25) is 0 Å². The van der Waals surface area contributed by atoms with Crippen LogP contribution < -0.4 is 0 Å². The molecule has 5 heteroatoms. The lowest BCUT2D eigenvalue weighted by Gasteiger charge is -2.25. The molecule has 1 rings (SSSR count). The lowest BCUT2D eigenvalue weighted by molar-refractivity contribution is -0.155. The van der Waals surface area contributed by atoms with Gasteiger partial charge in [-0.2, -0.15) is 0 Å². The molecule has 1 N–H and O–H groups in total. The van der Waals surface area contributed by atoms with Crippen LogP contribution in [0.1, 0.15) is 84.0 Å². The van der Waals surface area contributed by atoms with Crippen LogP contribution in [0.5, 0.6) is 0 Å². The van der Waals surface area contributed by atoms with Gasteiger partial charge in [0.05, 0.1) is 25.0 Å². The van der Waals surface area contributed by atoms with E-state index >= 15 is 0 Å². The maximum Gasteiger partial charge on any atom is 0.309 e. The first-order valence-electron chi connectivity index (χ1n) is 10.1. The van der Waals surface area contributed by atoms with Crippen LogP contribution in [0.25, 0.3) is 0 Å². The van der Waals surface area contributed by atoms with Gasteiger partial charge in [0.1, 0.15) is 6.61 Å². The van der Waals surface area contributed by atoms with E-state index in [1.54, 1.807) is 0 Å². The summed E-state index contributed by atoms with van der Waals surface area (Å²) < 4.78 is 10.4. The SMILES string of the molecule is CCCCCCCCCCOC(=O)C1CCC(C(=O)OCCO)CC1. The summed E-state index contributed by atoms with van der Waals surface area (Å²) >= 11 is 0. The molecular formula is C20H36O5. The van der Waals surface area contributed by atoms with E-state index in [0.717, 1.165) is 12.8 Å². The van der Waals surface area contributed by atoms with Gasteiger partial charge in [-0.15, -0.1) is 0 Å². The Morgan fingerprint density at radius 3 is 1.68 bits per heavy atom. The van der Waals surface area contributed by atoms with E-state index < -0.39 is 0 Å². The second-order valence-electron chi connectivity index (χ2n) is 7.08. The fourth-order valence-electron chi connectivity index (χ4n) is 3.36. The highest BCUT2D eigenvalue weighted by atomic mass is 16.5. The molecular weight excluding hydrogens is 320 g/mol. The Labute approximate surface area is 152 Å². The summed E-state index contributed by atoms with van der Waals surface area (Å²) in [4.78, 5) is 23.8. The highest BCUT2D eigenvalue weighted by molar-refractivity contribution is 5.75. The summed E-state index contributed by atoms with van der Waals surface area (Å²) in [7, 11) is 0. The topological polar surface area (TPSA) is 72.8 Å². The van der Waals surface area contributed by atoms with Gasteiger partial charge in [0, 0.05) is 0 Å². The highest BCUT2D eigenvalue weighted by Gasteiger charge is 2.31. The predicted molar refractivity (Wildman–Crippen MR) is 97.1 cm³/mol. The van der Waals surface area contributed by atoms with Crippen molar-refractivity contribution >= 4 is 11.9 Å². The van der Waals surface area contributed by atoms with Gasteiger partial charge in [0.2, 0.25) is 0 Å². The number of ether oxygens (including phenoxy) is 2. The fourth-order valence-corrected chi connectivity index (χ4v) is 3.36. The van der Waals surface area contributed by atoms with Crippen molar-refractivity contribution in [2.45, 2.75) is 84.0 Å². The van der Waals surface area contributed by atoms with Crippen molar-refractivity contribution in [3.63, 3.8) is 0 Å². The Hall–Kier alpha value is -1.10. The Kier molecular flexibility index (Phi) is 12.4. The summed E-state index contributed by atoms with van der Waals surface area (Å²) in [5, 5.41) is 8.67. The van der Waals surface area contributed by atoms with Gasteiger partial charge >= 0.3 is 11.9 Å². The van der Waals surface area contributed by atoms with Gasteiger partial charge in [-0.3, -0.25) is 9.59 Å². The minimum Gasteiger partial charge on any atom is -0.465 e. The van der Waals surface area contributed by atoms with Crippen LogP contribution in [0.4, 0.5) is 0 Å². The molecule has 1 aliphatic rings. The highest BCUT2D eigenvalue weighted by Crippen LogP contribution is 2.30. The number of aliphatic hydroxyl groups is 1. The smallest absolute Gasteiger partial charge is 0.309 e. The van der Waals surface area contributed by atoms with E-state index in [0.29, 0.717) is 32.3 Å². The zero-order valence-electron chi connectivity index (χ0n) is 15.8. The zero-order chi connectivity index (χ0) is 18.3. The molecule has 5 nitrogen and oxygen atoms in total. The molecule has 0 unspecified atom stereocenters. The van der Waals surface area contributed by atoms with E-state index in [4.69, 9.17) is 14.6 Å². The molecule has 0 bridgehead atoms. The molecule has 1 saturated carbocycles. The fraction of sp³-hybridized carbons (Fsp3) is 0.900. The van der Waals surface area contributed by atoms with Gasteiger partial charge in [0.15, 0.2) is 0 Å². The Bertz CT molecular complexity index is 361. The Balaban J connectivity index is 2.02. The van der Waals surface area contributed by atoms with Gasteiger partial charge < -0.3 is 14.6 Å². The molecule has 0 aliphatic heterocycles. The Morgan fingerprint density at radius 2 is 1.20 bits per heavy atom. The van der Waals surface area contributed by atoms with E-state index in [2.05, 4.69) is 6.92 Å². The number of rotatable bonds is 13. The standard InChI is InChI=1S/C20H36O5/c1-2-3-4-5-6-7-8-9-15-24-19(22)17-10-12-18(13-11-17)20(23)25-16-14-21/h17-18,21H,2-16H2,1H3. The summed E-state index contributed by atoms with van der Waals surface area (Å²) in [6.07, 6.45) is 12.6. The summed E-state index contributed by atoms with van der Waals surface area (Å²) in [6.45, 7) is 2.65. The van der Waals surface area contributed by atoms with E-state index in [-0.39, 0.29) is 37.0 Å². The minimum atomic E-state index is -0.250. The molecule has 146 valence electrons. The molecule has 0 radical (unpaired) electrons. The molecule has 0 aromatic carbocycles. The third kappa shape index (κ3) is 9.83. The molecule has 25 heavy (non-hydrogen) atoms. The van der Waals surface area contributed by atoms with Crippen LogP contribution in [-0.2, 0) is 19.1 Å². The number of carbonyl (C=O) groups is 2. The van der Waals surface area contributed by atoms with Crippen LogP contribution >= 0.6 is 0 Å². The molecule has 1 aliphatic carbocycles. The van der Waals surface area contributed by atoms with Gasteiger partial charge in [-0.25, -0.2) is 0 Å². The molecule has 0 saturated heterocycles. The third-order valence-electron chi connectivity index (χ3n) is 4.97. The van der Waals surface area contributed by atoms with Crippen molar-refractivity contribution in [1.29, 1.82) is 0 Å². The predicted octanol–water partition coefficient (Wildman–Crippen LogP) is 4.01. The largest absolute Gasteiger partial charge is 0.465 e. The molecule has 0 heterocycles. The summed E-state index contributed by atoms with van der Waals surface area (Å²) in [6, 6.07) is 0. The van der Waals surface area contributed by atoms with Gasteiger partial charge in [0.25, 0.3) is 0 Å². The summed E-state index contributed by atoms with van der Waals surface area (Å²) in [5.74, 6) is -0.566. The van der Waals surface area contributed by atoms with Crippen molar-refractivity contribution in [1.82, 2.24) is 0 Å². The lowest BCUT2D eigenvalue weighted by Crippen LogP contribution is -2.28. The van der Waals surface area contributed by atoms with Crippen molar-refractivity contribution in [3.05, 3.63) is 0 Å². The van der Waals surface area contributed by atoms with E-state index in [9.17, 15) is 9.59 Å². The normalized spacial score (nSPS) is 20.2. The number of hydrogen-bond donors (Lipinski definition) is 1. The first-order chi connectivity index (χ1) is 12.2. The summed E-state index contributed by atoms with van der Waals surface area (Å²) in [5.41, 5.74) is 0. The monoisotopic (exact) mass is 356 g/mol. The molecule has 0 atom stereocenters. The molecule has 0 amide bonds. The van der Waals surface area contributed by atoms with Crippen molar-refractivity contribution in [3.8, 4) is 0 Å².